The normalized spacial score (nSPS) is 14.7. The van der Waals surface area contributed by atoms with Gasteiger partial charge in [-0.05, 0) is 61.7 Å². The number of benzene rings is 1. The summed E-state index contributed by atoms with van der Waals surface area (Å²) >= 11 is 0. The predicted octanol–water partition coefficient (Wildman–Crippen LogP) is 2.07. The van der Waals surface area contributed by atoms with Crippen LogP contribution in [0.15, 0.2) is 42.7 Å². The molecule has 1 fully saturated rings. The van der Waals surface area contributed by atoms with Crippen LogP contribution in [0.3, 0.4) is 0 Å². The molecule has 0 saturated carbocycles. The minimum absolute atomic E-state index is 0.367. The third-order valence-electron chi connectivity index (χ3n) is 5.28. The van der Waals surface area contributed by atoms with Crippen LogP contribution in [0, 0.1) is 5.92 Å². The fraction of sp³-hybridized carbons (Fsp3) is 0.409. The van der Waals surface area contributed by atoms with Crippen LogP contribution in [0.5, 0.6) is 11.5 Å². The van der Waals surface area contributed by atoms with Gasteiger partial charge in [0, 0.05) is 31.5 Å². The van der Waals surface area contributed by atoms with Crippen LogP contribution in [-0.4, -0.2) is 55.6 Å². The third-order valence-corrected chi connectivity index (χ3v) is 5.28. The molecule has 1 saturated heterocycles. The van der Waals surface area contributed by atoms with Gasteiger partial charge < -0.3 is 20.1 Å². The fourth-order valence-corrected chi connectivity index (χ4v) is 3.49. The monoisotopic (exact) mass is 412 g/mol. The Morgan fingerprint density at radius 1 is 1.07 bits per heavy atom. The van der Waals surface area contributed by atoms with Gasteiger partial charge in [0.25, 0.3) is 0 Å². The number of anilines is 1. The van der Waals surface area contributed by atoms with Crippen LogP contribution in [0.2, 0.25) is 0 Å². The number of ether oxygens (including phenoxy) is 2. The van der Waals surface area contributed by atoms with Crippen molar-refractivity contribution in [2.24, 2.45) is 5.92 Å². The Morgan fingerprint density at radius 2 is 1.80 bits per heavy atom. The highest BCUT2D eigenvalue weighted by molar-refractivity contribution is 6.39. The Morgan fingerprint density at radius 3 is 2.47 bits per heavy atom. The number of carbonyl (C=O) groups excluding carboxylic acids is 2. The molecule has 1 aliphatic heterocycles. The minimum Gasteiger partial charge on any atom is -0.497 e. The molecule has 1 aromatic heterocycles. The third kappa shape index (κ3) is 5.93. The summed E-state index contributed by atoms with van der Waals surface area (Å²) in [6.07, 6.45) is 5.59. The van der Waals surface area contributed by atoms with Crippen LogP contribution in [0.1, 0.15) is 18.4 Å². The van der Waals surface area contributed by atoms with E-state index in [1.807, 2.05) is 24.5 Å². The van der Waals surface area contributed by atoms with E-state index in [0.29, 0.717) is 29.6 Å². The molecular formula is C22H28N4O4. The Kier molecular flexibility index (Phi) is 7.62. The van der Waals surface area contributed by atoms with Gasteiger partial charge in [-0.15, -0.1) is 0 Å². The molecule has 2 amide bonds. The van der Waals surface area contributed by atoms with E-state index in [1.54, 1.807) is 25.3 Å². The highest BCUT2D eigenvalue weighted by Crippen LogP contribution is 2.28. The molecule has 0 atom stereocenters. The largest absolute Gasteiger partial charge is 0.497 e. The minimum atomic E-state index is -0.714. The first kappa shape index (κ1) is 21.6. The van der Waals surface area contributed by atoms with Gasteiger partial charge in [0.2, 0.25) is 0 Å². The summed E-state index contributed by atoms with van der Waals surface area (Å²) in [7, 11) is 3.04. The van der Waals surface area contributed by atoms with Crippen molar-refractivity contribution in [1.82, 2.24) is 15.2 Å². The number of piperidine rings is 1. The Balaban J connectivity index is 1.42. The number of carbonyl (C=O) groups is 2. The van der Waals surface area contributed by atoms with Gasteiger partial charge in [-0.25, -0.2) is 0 Å². The van der Waals surface area contributed by atoms with E-state index in [-0.39, 0.29) is 0 Å². The summed E-state index contributed by atoms with van der Waals surface area (Å²) in [6, 6.07) is 9.04. The van der Waals surface area contributed by atoms with Gasteiger partial charge in [0.15, 0.2) is 0 Å². The lowest BCUT2D eigenvalue weighted by atomic mass is 9.96. The molecule has 0 bridgehead atoms. The van der Waals surface area contributed by atoms with E-state index < -0.39 is 11.8 Å². The van der Waals surface area contributed by atoms with Crippen LogP contribution in [0.25, 0.3) is 0 Å². The van der Waals surface area contributed by atoms with E-state index >= 15 is 0 Å². The summed E-state index contributed by atoms with van der Waals surface area (Å²) in [4.78, 5) is 30.9. The van der Waals surface area contributed by atoms with Crippen molar-refractivity contribution in [3.63, 3.8) is 0 Å². The van der Waals surface area contributed by atoms with Crippen LogP contribution >= 0.6 is 0 Å². The SMILES string of the molecule is COc1ccc(NC(=O)C(=O)NCC2CCN(Cc3ccncc3)CC2)c(OC)c1. The molecule has 2 aromatic rings. The quantitative estimate of drug-likeness (QED) is 0.677. The first-order valence-corrected chi connectivity index (χ1v) is 10.0. The van der Waals surface area contributed by atoms with Crippen molar-refractivity contribution in [1.29, 1.82) is 0 Å². The van der Waals surface area contributed by atoms with Crippen LogP contribution in [-0.2, 0) is 16.1 Å². The molecule has 30 heavy (non-hydrogen) atoms. The molecule has 0 radical (unpaired) electrons. The van der Waals surface area contributed by atoms with E-state index in [9.17, 15) is 9.59 Å². The Labute approximate surface area is 176 Å². The van der Waals surface area contributed by atoms with E-state index in [0.717, 1.165) is 32.5 Å². The van der Waals surface area contributed by atoms with E-state index in [2.05, 4.69) is 20.5 Å². The van der Waals surface area contributed by atoms with Crippen molar-refractivity contribution < 1.29 is 19.1 Å². The predicted molar refractivity (Wildman–Crippen MR) is 113 cm³/mol. The molecule has 0 aliphatic carbocycles. The number of likely N-dealkylation sites (tertiary alicyclic amines) is 1. The van der Waals surface area contributed by atoms with Crippen molar-refractivity contribution in [2.45, 2.75) is 19.4 Å². The summed E-state index contributed by atoms with van der Waals surface area (Å²) < 4.78 is 10.4. The molecule has 0 spiro atoms. The number of nitrogens with one attached hydrogen (secondary N) is 2. The summed E-state index contributed by atoms with van der Waals surface area (Å²) in [5.74, 6) is 0.0354. The molecule has 8 heteroatoms. The number of hydrogen-bond acceptors (Lipinski definition) is 6. The van der Waals surface area contributed by atoms with E-state index in [1.165, 1.54) is 12.7 Å². The van der Waals surface area contributed by atoms with Gasteiger partial charge in [-0.3, -0.25) is 19.5 Å². The lowest BCUT2D eigenvalue weighted by molar-refractivity contribution is -0.136. The zero-order valence-electron chi connectivity index (χ0n) is 17.4. The highest BCUT2D eigenvalue weighted by Gasteiger charge is 2.22. The number of aromatic nitrogens is 1. The highest BCUT2D eigenvalue weighted by atomic mass is 16.5. The average Bonchev–Trinajstić information content (AvgIpc) is 2.79. The first-order valence-electron chi connectivity index (χ1n) is 10.0. The Hall–Kier alpha value is -3.13. The molecule has 0 unspecified atom stereocenters. The van der Waals surface area contributed by atoms with Gasteiger partial charge in [-0.1, -0.05) is 0 Å². The smallest absolute Gasteiger partial charge is 0.313 e. The zero-order chi connectivity index (χ0) is 21.3. The number of amides is 2. The summed E-state index contributed by atoms with van der Waals surface area (Å²) in [6.45, 7) is 3.35. The molecular weight excluding hydrogens is 384 g/mol. The number of hydrogen-bond donors (Lipinski definition) is 2. The zero-order valence-corrected chi connectivity index (χ0v) is 17.4. The van der Waals surface area contributed by atoms with Crippen molar-refractivity contribution in [2.75, 3.05) is 39.2 Å². The van der Waals surface area contributed by atoms with Crippen molar-refractivity contribution in [3.8, 4) is 11.5 Å². The summed E-state index contributed by atoms with van der Waals surface area (Å²) in [5, 5.41) is 5.34. The number of nitrogens with zero attached hydrogens (tertiary/aromatic N) is 2. The van der Waals surface area contributed by atoms with Crippen molar-refractivity contribution in [3.05, 3.63) is 48.3 Å². The van der Waals surface area contributed by atoms with Crippen molar-refractivity contribution >= 4 is 17.5 Å². The second-order valence-electron chi connectivity index (χ2n) is 7.31. The maximum atomic E-state index is 12.2. The number of methoxy groups -OCH3 is 2. The van der Waals surface area contributed by atoms with Gasteiger partial charge in [0.05, 0.1) is 19.9 Å². The topological polar surface area (TPSA) is 92.8 Å². The van der Waals surface area contributed by atoms with Gasteiger partial charge in [-0.2, -0.15) is 0 Å². The lowest BCUT2D eigenvalue weighted by Crippen LogP contribution is -2.41. The van der Waals surface area contributed by atoms with Gasteiger partial charge >= 0.3 is 11.8 Å². The number of rotatable bonds is 7. The first-order chi connectivity index (χ1) is 14.6. The molecule has 1 aliphatic rings. The Bertz CT molecular complexity index is 851. The number of pyridine rings is 1. The fourth-order valence-electron chi connectivity index (χ4n) is 3.49. The molecule has 160 valence electrons. The lowest BCUT2D eigenvalue weighted by Gasteiger charge is -2.32. The molecule has 3 rings (SSSR count). The second-order valence-corrected chi connectivity index (χ2v) is 7.31. The molecule has 1 aromatic carbocycles. The van der Waals surface area contributed by atoms with E-state index in [4.69, 9.17) is 9.47 Å². The second kappa shape index (κ2) is 10.6. The van der Waals surface area contributed by atoms with Gasteiger partial charge in [0.1, 0.15) is 11.5 Å². The molecule has 8 nitrogen and oxygen atoms in total. The van der Waals surface area contributed by atoms with Crippen LogP contribution in [0.4, 0.5) is 5.69 Å². The molecule has 2 heterocycles. The summed E-state index contributed by atoms with van der Waals surface area (Å²) in [5.41, 5.74) is 1.67. The average molecular weight is 412 g/mol. The standard InChI is InChI=1S/C22H28N4O4/c1-29-18-3-4-19(20(13-18)30-2)25-22(28)21(27)24-14-16-7-11-26(12-8-16)15-17-5-9-23-10-6-17/h3-6,9-10,13,16H,7-8,11-12,14-15H2,1-2H3,(H,24,27)(H,25,28). The van der Waals surface area contributed by atoms with Crippen LogP contribution < -0.4 is 20.1 Å². The maximum Gasteiger partial charge on any atom is 0.313 e. The molecule has 2 N–H and O–H groups in total. The maximum absolute atomic E-state index is 12.2.